The highest BCUT2D eigenvalue weighted by Gasteiger charge is 2.64. The topological polar surface area (TPSA) is 69.6 Å². The van der Waals surface area contributed by atoms with Gasteiger partial charge in [-0.3, -0.25) is 0 Å². The summed E-state index contributed by atoms with van der Waals surface area (Å²) in [4.78, 5) is 0. The number of rotatable bonds is 3. The van der Waals surface area contributed by atoms with E-state index < -0.39 is 5.82 Å². The van der Waals surface area contributed by atoms with Crippen LogP contribution in [0.4, 0.5) is 10.1 Å². The van der Waals surface area contributed by atoms with E-state index in [0.717, 1.165) is 12.1 Å². The molecule has 1 aliphatic carbocycles. The van der Waals surface area contributed by atoms with Crippen LogP contribution in [0, 0.1) is 22.6 Å². The second kappa shape index (κ2) is 4.26. The highest BCUT2D eigenvalue weighted by atomic mass is 19.1. The van der Waals surface area contributed by atoms with Crippen LogP contribution in [-0.2, 0) is 6.54 Å². The molecule has 0 aliphatic heterocycles. The van der Waals surface area contributed by atoms with Gasteiger partial charge >= 0.3 is 0 Å². The van der Waals surface area contributed by atoms with Crippen LogP contribution in [-0.4, -0.2) is 20.2 Å². The fourth-order valence-corrected chi connectivity index (χ4v) is 3.18. The molecule has 0 atom stereocenters. The quantitative estimate of drug-likeness (QED) is 0.882. The number of anilines is 1. The Morgan fingerprint density at radius 2 is 1.90 bits per heavy atom. The maximum absolute atomic E-state index is 13.3. The van der Waals surface area contributed by atoms with Gasteiger partial charge < -0.3 is 5.73 Å². The van der Waals surface area contributed by atoms with Crippen molar-refractivity contribution in [2.24, 2.45) is 16.7 Å². The van der Waals surface area contributed by atoms with Gasteiger partial charge in [-0.1, -0.05) is 27.7 Å². The normalized spacial score (nSPS) is 19.7. The monoisotopic (exact) mass is 289 g/mol. The van der Waals surface area contributed by atoms with E-state index >= 15 is 0 Å². The molecule has 3 rings (SSSR count). The van der Waals surface area contributed by atoms with Crippen LogP contribution < -0.4 is 5.73 Å². The number of nitrogens with two attached hydrogens (primary N) is 1. The summed E-state index contributed by atoms with van der Waals surface area (Å²) in [6.45, 7) is 9.80. The molecule has 1 aliphatic rings. The lowest BCUT2D eigenvalue weighted by atomic mass is 10.0. The van der Waals surface area contributed by atoms with Gasteiger partial charge in [-0.2, -0.15) is 0 Å². The Morgan fingerprint density at radius 3 is 2.48 bits per heavy atom. The fraction of sp³-hybridized carbons (Fsp3) is 0.533. The number of hydrogen-bond donors (Lipinski definition) is 1. The first-order valence-corrected chi connectivity index (χ1v) is 7.06. The molecule has 1 aromatic carbocycles. The molecular weight excluding hydrogens is 269 g/mol. The summed E-state index contributed by atoms with van der Waals surface area (Å²) in [6.07, 6.45) is 0. The Labute approximate surface area is 123 Å². The molecule has 0 saturated heterocycles. The van der Waals surface area contributed by atoms with Gasteiger partial charge in [0.05, 0.1) is 5.69 Å². The van der Waals surface area contributed by atoms with E-state index in [9.17, 15) is 4.39 Å². The first-order valence-electron chi connectivity index (χ1n) is 7.06. The van der Waals surface area contributed by atoms with E-state index in [1.807, 2.05) is 0 Å². The SMILES string of the molecule is CC1(C)C(Cn2nnnc2-c2ccc(F)c(N)c2)C1(C)C. The zero-order valence-corrected chi connectivity index (χ0v) is 12.8. The number of hydrogen-bond acceptors (Lipinski definition) is 4. The van der Waals surface area contributed by atoms with Crippen LogP contribution in [0.5, 0.6) is 0 Å². The Bertz CT molecular complexity index is 675. The third-order valence-electron chi connectivity index (χ3n) is 5.46. The highest BCUT2D eigenvalue weighted by Crippen LogP contribution is 2.68. The van der Waals surface area contributed by atoms with Crippen LogP contribution in [0.15, 0.2) is 18.2 Å². The maximum Gasteiger partial charge on any atom is 0.182 e. The molecule has 1 heterocycles. The van der Waals surface area contributed by atoms with Crippen molar-refractivity contribution in [2.75, 3.05) is 5.73 Å². The van der Waals surface area contributed by atoms with Crippen LogP contribution in [0.25, 0.3) is 11.4 Å². The summed E-state index contributed by atoms with van der Waals surface area (Å²) >= 11 is 0. The standard InChI is InChI=1S/C15H20FN5/c1-14(2)12(15(14,3)4)8-21-13(18-19-20-21)9-5-6-10(16)11(17)7-9/h5-7,12H,8,17H2,1-4H3. The van der Waals surface area contributed by atoms with Crippen LogP contribution in [0.3, 0.4) is 0 Å². The molecule has 1 saturated carbocycles. The van der Waals surface area contributed by atoms with Crippen LogP contribution in [0.2, 0.25) is 0 Å². The lowest BCUT2D eigenvalue weighted by Gasteiger charge is -2.07. The summed E-state index contributed by atoms with van der Waals surface area (Å²) in [5, 5.41) is 11.9. The van der Waals surface area contributed by atoms with E-state index in [1.54, 1.807) is 16.8 Å². The van der Waals surface area contributed by atoms with Crippen molar-refractivity contribution in [3.63, 3.8) is 0 Å². The Hall–Kier alpha value is -1.98. The fourth-order valence-electron chi connectivity index (χ4n) is 3.18. The molecule has 1 aromatic heterocycles. The van der Waals surface area contributed by atoms with Crippen molar-refractivity contribution in [3.05, 3.63) is 24.0 Å². The Balaban J connectivity index is 1.90. The van der Waals surface area contributed by atoms with Gasteiger partial charge in [-0.15, -0.1) is 5.10 Å². The lowest BCUT2D eigenvalue weighted by molar-refractivity contribution is 0.457. The van der Waals surface area contributed by atoms with Crippen molar-refractivity contribution in [3.8, 4) is 11.4 Å². The highest BCUT2D eigenvalue weighted by molar-refractivity contribution is 5.61. The molecule has 0 radical (unpaired) electrons. The van der Waals surface area contributed by atoms with Gasteiger partial charge in [0.25, 0.3) is 0 Å². The minimum absolute atomic E-state index is 0.106. The molecule has 6 heteroatoms. The van der Waals surface area contributed by atoms with Crippen molar-refractivity contribution in [1.29, 1.82) is 0 Å². The summed E-state index contributed by atoms with van der Waals surface area (Å²) < 4.78 is 15.1. The van der Waals surface area contributed by atoms with Gasteiger partial charge in [0.2, 0.25) is 0 Å². The molecule has 2 aromatic rings. The number of nitrogens with zero attached hydrogens (tertiary/aromatic N) is 4. The lowest BCUT2D eigenvalue weighted by Crippen LogP contribution is -2.08. The summed E-state index contributed by atoms with van der Waals surface area (Å²) in [5.41, 5.74) is 6.98. The van der Waals surface area contributed by atoms with E-state index in [4.69, 9.17) is 5.73 Å². The van der Waals surface area contributed by atoms with E-state index in [2.05, 4.69) is 43.2 Å². The molecule has 0 spiro atoms. The van der Waals surface area contributed by atoms with Crippen LogP contribution in [0.1, 0.15) is 27.7 Å². The third-order valence-corrected chi connectivity index (χ3v) is 5.46. The molecule has 0 amide bonds. The van der Waals surface area contributed by atoms with Crippen molar-refractivity contribution in [2.45, 2.75) is 34.2 Å². The van der Waals surface area contributed by atoms with E-state index in [1.165, 1.54) is 6.07 Å². The van der Waals surface area contributed by atoms with E-state index in [-0.39, 0.29) is 16.5 Å². The molecular formula is C15H20FN5. The van der Waals surface area contributed by atoms with Crippen molar-refractivity contribution >= 4 is 5.69 Å². The van der Waals surface area contributed by atoms with Crippen molar-refractivity contribution < 1.29 is 4.39 Å². The number of aromatic nitrogens is 4. The number of tetrazole rings is 1. The first kappa shape index (κ1) is 14.0. The smallest absolute Gasteiger partial charge is 0.182 e. The second-order valence-electron chi connectivity index (χ2n) is 6.92. The molecule has 5 nitrogen and oxygen atoms in total. The average Bonchev–Trinajstić information content (AvgIpc) is 2.77. The van der Waals surface area contributed by atoms with Gasteiger partial charge in [-0.25, -0.2) is 9.07 Å². The Morgan fingerprint density at radius 1 is 1.24 bits per heavy atom. The summed E-state index contributed by atoms with van der Waals surface area (Å²) in [5.74, 6) is 0.701. The summed E-state index contributed by atoms with van der Waals surface area (Å²) in [6, 6.07) is 4.56. The predicted octanol–water partition coefficient (Wildman–Crippen LogP) is 2.74. The predicted molar refractivity (Wildman–Crippen MR) is 78.7 cm³/mol. The second-order valence-corrected chi connectivity index (χ2v) is 6.92. The zero-order valence-electron chi connectivity index (χ0n) is 12.8. The van der Waals surface area contributed by atoms with Gasteiger partial charge in [0, 0.05) is 12.1 Å². The first-order chi connectivity index (χ1) is 9.75. The minimum atomic E-state index is -0.428. The van der Waals surface area contributed by atoms with Gasteiger partial charge in [0.1, 0.15) is 5.82 Å². The van der Waals surface area contributed by atoms with Crippen molar-refractivity contribution in [1.82, 2.24) is 20.2 Å². The van der Waals surface area contributed by atoms with Gasteiger partial charge in [-0.05, 0) is 45.4 Å². The molecule has 21 heavy (non-hydrogen) atoms. The minimum Gasteiger partial charge on any atom is -0.396 e. The Kier molecular flexibility index (Phi) is 2.83. The van der Waals surface area contributed by atoms with Crippen LogP contribution >= 0.6 is 0 Å². The van der Waals surface area contributed by atoms with Gasteiger partial charge in [0.15, 0.2) is 5.82 Å². The number of halogens is 1. The molecule has 1 fully saturated rings. The molecule has 0 unspecified atom stereocenters. The maximum atomic E-state index is 13.3. The number of nitrogen functional groups attached to an aromatic ring is 1. The number of benzene rings is 1. The molecule has 2 N–H and O–H groups in total. The average molecular weight is 289 g/mol. The van der Waals surface area contributed by atoms with E-state index in [0.29, 0.717) is 11.7 Å². The summed E-state index contributed by atoms with van der Waals surface area (Å²) in [7, 11) is 0. The molecule has 0 bridgehead atoms. The largest absolute Gasteiger partial charge is 0.396 e. The molecule has 112 valence electrons. The third kappa shape index (κ3) is 2.01. The zero-order chi connectivity index (χ0) is 15.4.